The average molecular weight is 369 g/mol. The number of fused-ring (bicyclic) bond motifs is 1. The molecule has 2 N–H and O–H groups in total. The Labute approximate surface area is 156 Å². The molecule has 6 nitrogen and oxygen atoms in total. The molecule has 27 heavy (non-hydrogen) atoms. The number of hydrogen-bond donors (Lipinski definition) is 2. The van der Waals surface area contributed by atoms with Crippen LogP contribution in [-0.2, 0) is 6.54 Å². The van der Waals surface area contributed by atoms with Crippen molar-refractivity contribution < 1.29 is 18.8 Å². The molecule has 0 fully saturated rings. The number of carbonyl (C=O) groups excluding carboxylic acids is 3. The number of benzene rings is 2. The standard InChI is InChI=1S/C20H20FN3O3/c1-12(2)11-24-18(25)16-7-6-15(9-17(16)19(24)26)23-20(27)22-10-13-4-3-5-14(21)8-13/h3-9,12H,10-11H2,1-2H3,(H2,22,23,27). The highest BCUT2D eigenvalue weighted by atomic mass is 19.1. The van der Waals surface area contributed by atoms with Gasteiger partial charge in [0.05, 0.1) is 11.1 Å². The van der Waals surface area contributed by atoms with Crippen molar-refractivity contribution in [3.63, 3.8) is 0 Å². The molecule has 3 rings (SSSR count). The van der Waals surface area contributed by atoms with E-state index < -0.39 is 6.03 Å². The van der Waals surface area contributed by atoms with Crippen LogP contribution in [0.15, 0.2) is 42.5 Å². The number of nitrogens with zero attached hydrogens (tertiary/aromatic N) is 1. The van der Waals surface area contributed by atoms with Crippen LogP contribution in [0, 0.1) is 11.7 Å². The van der Waals surface area contributed by atoms with Crippen LogP contribution in [0.1, 0.15) is 40.1 Å². The van der Waals surface area contributed by atoms with Crippen molar-refractivity contribution in [2.24, 2.45) is 5.92 Å². The third-order valence-electron chi connectivity index (χ3n) is 4.12. The van der Waals surface area contributed by atoms with Crippen LogP contribution in [0.3, 0.4) is 0 Å². The van der Waals surface area contributed by atoms with E-state index in [1.807, 2.05) is 13.8 Å². The Balaban J connectivity index is 1.66. The van der Waals surface area contributed by atoms with Gasteiger partial charge in [-0.2, -0.15) is 0 Å². The normalized spacial score (nSPS) is 13.1. The van der Waals surface area contributed by atoms with Crippen LogP contribution >= 0.6 is 0 Å². The van der Waals surface area contributed by atoms with E-state index in [-0.39, 0.29) is 35.7 Å². The smallest absolute Gasteiger partial charge is 0.319 e. The first-order valence-corrected chi connectivity index (χ1v) is 8.64. The van der Waals surface area contributed by atoms with Gasteiger partial charge in [-0.3, -0.25) is 14.5 Å². The predicted molar refractivity (Wildman–Crippen MR) is 98.9 cm³/mol. The monoisotopic (exact) mass is 369 g/mol. The van der Waals surface area contributed by atoms with Gasteiger partial charge >= 0.3 is 6.03 Å². The molecule has 0 unspecified atom stereocenters. The third kappa shape index (κ3) is 4.13. The van der Waals surface area contributed by atoms with Crippen LogP contribution in [0.2, 0.25) is 0 Å². The molecule has 1 heterocycles. The number of urea groups is 1. The second-order valence-electron chi connectivity index (χ2n) is 6.81. The number of rotatable bonds is 5. The minimum Gasteiger partial charge on any atom is -0.334 e. The molecule has 7 heteroatoms. The zero-order valence-electron chi connectivity index (χ0n) is 15.1. The number of imide groups is 1. The molecule has 1 aliphatic rings. The molecule has 0 bridgehead atoms. The largest absolute Gasteiger partial charge is 0.334 e. The third-order valence-corrected chi connectivity index (χ3v) is 4.12. The molecule has 0 radical (unpaired) electrons. The van der Waals surface area contributed by atoms with Crippen molar-refractivity contribution in [1.29, 1.82) is 0 Å². The number of nitrogens with one attached hydrogen (secondary N) is 2. The summed E-state index contributed by atoms with van der Waals surface area (Å²) in [6.07, 6.45) is 0. The van der Waals surface area contributed by atoms with Gasteiger partial charge in [-0.05, 0) is 41.8 Å². The van der Waals surface area contributed by atoms with Gasteiger partial charge in [-0.25, -0.2) is 9.18 Å². The highest BCUT2D eigenvalue weighted by Gasteiger charge is 2.35. The van der Waals surface area contributed by atoms with Gasteiger partial charge in [-0.1, -0.05) is 26.0 Å². The fourth-order valence-electron chi connectivity index (χ4n) is 2.90. The van der Waals surface area contributed by atoms with Gasteiger partial charge in [0, 0.05) is 18.8 Å². The molecule has 1 aliphatic heterocycles. The van der Waals surface area contributed by atoms with Crippen molar-refractivity contribution >= 4 is 23.5 Å². The van der Waals surface area contributed by atoms with E-state index in [9.17, 15) is 18.8 Å². The summed E-state index contributed by atoms with van der Waals surface area (Å²) in [5.41, 5.74) is 1.65. The van der Waals surface area contributed by atoms with Crippen molar-refractivity contribution in [2.45, 2.75) is 20.4 Å². The zero-order chi connectivity index (χ0) is 19.6. The summed E-state index contributed by atoms with van der Waals surface area (Å²) >= 11 is 0. The predicted octanol–water partition coefficient (Wildman–Crippen LogP) is 3.40. The summed E-state index contributed by atoms with van der Waals surface area (Å²) < 4.78 is 13.2. The van der Waals surface area contributed by atoms with Crippen molar-refractivity contribution in [3.05, 3.63) is 65.0 Å². The van der Waals surface area contributed by atoms with E-state index in [2.05, 4.69) is 10.6 Å². The molecular formula is C20H20FN3O3. The Morgan fingerprint density at radius 2 is 1.81 bits per heavy atom. The molecule has 0 saturated carbocycles. The molecular weight excluding hydrogens is 349 g/mol. The molecule has 4 amide bonds. The maximum Gasteiger partial charge on any atom is 0.319 e. The summed E-state index contributed by atoms with van der Waals surface area (Å²) in [5.74, 6) is -0.876. The van der Waals surface area contributed by atoms with E-state index in [4.69, 9.17) is 0 Å². The van der Waals surface area contributed by atoms with Crippen LogP contribution in [-0.4, -0.2) is 29.3 Å². The molecule has 2 aromatic carbocycles. The van der Waals surface area contributed by atoms with E-state index in [0.717, 1.165) is 0 Å². The van der Waals surface area contributed by atoms with Gasteiger partial charge in [0.15, 0.2) is 0 Å². The molecule has 0 aromatic heterocycles. The Hall–Kier alpha value is -3.22. The van der Waals surface area contributed by atoms with E-state index >= 15 is 0 Å². The average Bonchev–Trinajstić information content (AvgIpc) is 2.84. The van der Waals surface area contributed by atoms with Crippen LogP contribution < -0.4 is 10.6 Å². The van der Waals surface area contributed by atoms with Crippen LogP contribution in [0.4, 0.5) is 14.9 Å². The van der Waals surface area contributed by atoms with E-state index in [1.165, 1.54) is 29.2 Å². The minimum atomic E-state index is -0.491. The molecule has 0 atom stereocenters. The quantitative estimate of drug-likeness (QED) is 0.793. The lowest BCUT2D eigenvalue weighted by atomic mass is 10.1. The summed E-state index contributed by atoms with van der Waals surface area (Å²) in [5, 5.41) is 5.24. The molecule has 2 aromatic rings. The van der Waals surface area contributed by atoms with Gasteiger partial charge in [-0.15, -0.1) is 0 Å². The SMILES string of the molecule is CC(C)CN1C(=O)c2ccc(NC(=O)NCc3cccc(F)c3)cc2C1=O. The van der Waals surface area contributed by atoms with Crippen molar-refractivity contribution in [1.82, 2.24) is 10.2 Å². The van der Waals surface area contributed by atoms with Gasteiger partial charge < -0.3 is 10.6 Å². The van der Waals surface area contributed by atoms with E-state index in [0.29, 0.717) is 23.4 Å². The fraction of sp³-hybridized carbons (Fsp3) is 0.250. The number of anilines is 1. The summed E-state index contributed by atoms with van der Waals surface area (Å²) in [6.45, 7) is 4.37. The zero-order valence-corrected chi connectivity index (χ0v) is 15.1. The summed E-state index contributed by atoms with van der Waals surface area (Å²) in [7, 11) is 0. The first-order chi connectivity index (χ1) is 12.8. The van der Waals surface area contributed by atoms with Crippen molar-refractivity contribution in [2.75, 3.05) is 11.9 Å². The molecule has 0 aliphatic carbocycles. The second kappa shape index (κ2) is 7.57. The lowest BCUT2D eigenvalue weighted by Gasteiger charge is -2.15. The topological polar surface area (TPSA) is 78.5 Å². The maximum atomic E-state index is 13.2. The highest BCUT2D eigenvalue weighted by Crippen LogP contribution is 2.26. The van der Waals surface area contributed by atoms with Crippen molar-refractivity contribution in [3.8, 4) is 0 Å². The Morgan fingerprint density at radius 1 is 1.07 bits per heavy atom. The Bertz CT molecular complexity index is 911. The minimum absolute atomic E-state index is 0.161. The van der Waals surface area contributed by atoms with Gasteiger partial charge in [0.1, 0.15) is 5.82 Å². The first-order valence-electron chi connectivity index (χ1n) is 8.64. The van der Waals surface area contributed by atoms with E-state index in [1.54, 1.807) is 18.2 Å². The number of hydrogen-bond acceptors (Lipinski definition) is 3. The molecule has 0 spiro atoms. The summed E-state index contributed by atoms with van der Waals surface area (Å²) in [4.78, 5) is 38.1. The van der Waals surface area contributed by atoms with Crippen LogP contribution in [0.5, 0.6) is 0 Å². The molecule has 140 valence electrons. The first kappa shape index (κ1) is 18.6. The molecule has 0 saturated heterocycles. The number of halogens is 1. The fourth-order valence-corrected chi connectivity index (χ4v) is 2.90. The van der Waals surface area contributed by atoms with Crippen LogP contribution in [0.25, 0.3) is 0 Å². The van der Waals surface area contributed by atoms with Gasteiger partial charge in [0.25, 0.3) is 11.8 Å². The second-order valence-corrected chi connectivity index (χ2v) is 6.81. The summed E-state index contributed by atoms with van der Waals surface area (Å²) in [6, 6.07) is 10.1. The lowest BCUT2D eigenvalue weighted by molar-refractivity contribution is 0.0636. The Kier molecular flexibility index (Phi) is 5.21. The van der Waals surface area contributed by atoms with Gasteiger partial charge in [0.2, 0.25) is 0 Å². The number of carbonyl (C=O) groups is 3. The highest BCUT2D eigenvalue weighted by molar-refractivity contribution is 6.21. The number of amides is 4. The Morgan fingerprint density at radius 3 is 2.52 bits per heavy atom. The lowest BCUT2D eigenvalue weighted by Crippen LogP contribution is -2.33. The maximum absolute atomic E-state index is 13.2.